The van der Waals surface area contributed by atoms with Crippen molar-refractivity contribution < 1.29 is 19.4 Å². The largest absolute Gasteiger partial charge is 0.457 e. The van der Waals surface area contributed by atoms with Crippen molar-refractivity contribution in [2.45, 2.75) is 180 Å². The zero-order valence-corrected chi connectivity index (χ0v) is 32.6. The van der Waals surface area contributed by atoms with Crippen LogP contribution in [0.2, 0.25) is 0 Å². The summed E-state index contributed by atoms with van der Waals surface area (Å²) in [6.45, 7) is 5.16. The van der Waals surface area contributed by atoms with Crippen LogP contribution in [0.4, 0.5) is 0 Å². The average molecular weight is 695 g/mol. The molecule has 0 aromatic heterocycles. The highest BCUT2D eigenvalue weighted by Crippen LogP contribution is 2.11. The number of aliphatic hydroxyl groups excluding tert-OH is 1. The third-order valence-electron chi connectivity index (χ3n) is 8.45. The molecule has 0 aliphatic rings. The smallest absolute Gasteiger partial charge is 0.306 e. The van der Waals surface area contributed by atoms with Crippen LogP contribution in [-0.4, -0.2) is 37.0 Å². The van der Waals surface area contributed by atoms with E-state index in [9.17, 15) is 9.90 Å². The number of aliphatic hydroxyl groups is 1. The fourth-order valence-electron chi connectivity index (χ4n) is 5.38. The van der Waals surface area contributed by atoms with Crippen LogP contribution in [0, 0.1) is 0 Å². The van der Waals surface area contributed by atoms with Gasteiger partial charge in [-0.3, -0.25) is 4.79 Å². The van der Waals surface area contributed by atoms with Gasteiger partial charge in [-0.25, -0.2) is 0 Å². The molecule has 0 aromatic rings. The average Bonchev–Trinajstić information content (AvgIpc) is 3.12. The lowest BCUT2D eigenvalue weighted by molar-refractivity contribution is -0.154. The van der Waals surface area contributed by atoms with E-state index in [1.807, 2.05) is 0 Å². The van der Waals surface area contributed by atoms with Gasteiger partial charge in [-0.15, -0.1) is 0 Å². The summed E-state index contributed by atoms with van der Waals surface area (Å²) in [4.78, 5) is 12.2. The summed E-state index contributed by atoms with van der Waals surface area (Å²) in [5.74, 6) is -0.226. The van der Waals surface area contributed by atoms with Gasteiger partial charge in [-0.1, -0.05) is 163 Å². The normalized spacial score (nSPS) is 13.3. The number of hydrogen-bond donors (Lipinski definition) is 1. The maximum Gasteiger partial charge on any atom is 0.306 e. The van der Waals surface area contributed by atoms with Crippen LogP contribution in [0.3, 0.4) is 0 Å². The number of ether oxygens (including phenoxy) is 2. The Morgan fingerprint density at radius 3 is 1.36 bits per heavy atom. The molecule has 0 aliphatic carbocycles. The van der Waals surface area contributed by atoms with Crippen molar-refractivity contribution in [3.8, 4) is 0 Å². The molecule has 0 bridgehead atoms. The van der Waals surface area contributed by atoms with E-state index in [1.54, 1.807) is 0 Å². The minimum absolute atomic E-state index is 0.189. The summed E-state index contributed by atoms with van der Waals surface area (Å²) in [7, 11) is 0. The number of carbonyl (C=O) groups is 1. The van der Waals surface area contributed by atoms with Crippen molar-refractivity contribution in [3.63, 3.8) is 0 Å². The van der Waals surface area contributed by atoms with Gasteiger partial charge < -0.3 is 14.6 Å². The van der Waals surface area contributed by atoms with Crippen LogP contribution in [0.1, 0.15) is 174 Å². The molecule has 4 heteroatoms. The topological polar surface area (TPSA) is 55.8 Å². The Balaban J connectivity index is 3.55. The number of carbonyl (C=O) groups excluding carboxylic acids is 1. The Hall–Kier alpha value is -2.43. The van der Waals surface area contributed by atoms with E-state index >= 15 is 0 Å². The molecule has 0 rings (SSSR count). The Kier molecular flexibility index (Phi) is 40.7. The van der Waals surface area contributed by atoms with Crippen molar-refractivity contribution in [2.75, 3.05) is 19.8 Å². The molecule has 1 unspecified atom stereocenters. The van der Waals surface area contributed by atoms with Gasteiger partial charge in [0.05, 0.1) is 13.2 Å². The molecule has 1 N–H and O–H groups in total. The third kappa shape index (κ3) is 40.0. The Morgan fingerprint density at radius 2 is 0.900 bits per heavy atom. The Morgan fingerprint density at radius 1 is 0.500 bits per heavy atom. The maximum atomic E-state index is 12.2. The van der Waals surface area contributed by atoms with E-state index in [0.29, 0.717) is 13.0 Å². The predicted octanol–water partition coefficient (Wildman–Crippen LogP) is 13.6. The highest BCUT2D eigenvalue weighted by molar-refractivity contribution is 5.69. The predicted molar refractivity (Wildman–Crippen MR) is 219 cm³/mol. The molecule has 0 fully saturated rings. The first kappa shape index (κ1) is 47.6. The summed E-state index contributed by atoms with van der Waals surface area (Å²) in [5.41, 5.74) is 0. The SMILES string of the molecule is CC/C=C\C/C=C\C/C=C\C/C=C\C/C=C\CCCCCCCC(=O)OC(CO)COCCCCCCCC/C=C\C/C=C\CCCCCC. The fraction of sp³-hybridized carbons (Fsp3) is 0.674. The first-order valence-electron chi connectivity index (χ1n) is 20.7. The number of rotatable bonds is 37. The van der Waals surface area contributed by atoms with Crippen LogP contribution in [0.25, 0.3) is 0 Å². The highest BCUT2D eigenvalue weighted by Gasteiger charge is 2.13. The van der Waals surface area contributed by atoms with Crippen LogP contribution in [0.5, 0.6) is 0 Å². The number of unbranched alkanes of at least 4 members (excludes halogenated alkanes) is 15. The quantitative estimate of drug-likeness (QED) is 0.0399. The molecule has 286 valence electrons. The molecule has 0 aliphatic heterocycles. The molecular formula is C46H78O4. The lowest BCUT2D eigenvalue weighted by atomic mass is 10.1. The molecule has 0 heterocycles. The minimum Gasteiger partial charge on any atom is -0.457 e. The van der Waals surface area contributed by atoms with Crippen molar-refractivity contribution in [1.29, 1.82) is 0 Å². The molecule has 1 atom stereocenters. The number of hydrogen-bond acceptors (Lipinski definition) is 4. The van der Waals surface area contributed by atoms with Gasteiger partial charge in [-0.05, 0) is 89.9 Å². The van der Waals surface area contributed by atoms with E-state index in [2.05, 4.69) is 98.9 Å². The van der Waals surface area contributed by atoms with Gasteiger partial charge in [0.1, 0.15) is 6.10 Å². The molecule has 0 aromatic carbocycles. The summed E-state index contributed by atoms with van der Waals surface area (Å²) in [6.07, 6.45) is 59.1. The standard InChI is InChI=1S/C46H78O4/c1-3-5-7-9-11-13-15-17-19-21-22-23-24-25-27-29-31-33-35-37-39-41-46(48)50-45(43-47)44-49-42-40-38-36-34-32-30-28-26-20-18-16-14-12-10-8-6-4-2/h5,7,11,13-14,16-17,19-20,22-23,25-27,45,47H,3-4,6,8-10,12,15,18,21,24,28-44H2,1-2H3/b7-5-,13-11-,16-14-,19-17-,23-22-,26-20-,27-25-. The summed E-state index contributed by atoms with van der Waals surface area (Å²) < 4.78 is 11.1. The molecule has 0 radical (unpaired) electrons. The molecular weight excluding hydrogens is 617 g/mol. The number of allylic oxidation sites excluding steroid dienone is 14. The molecule has 0 saturated heterocycles. The zero-order chi connectivity index (χ0) is 36.3. The Labute approximate surface area is 310 Å². The number of esters is 1. The van der Waals surface area contributed by atoms with Crippen molar-refractivity contribution in [3.05, 3.63) is 85.1 Å². The van der Waals surface area contributed by atoms with E-state index in [-0.39, 0.29) is 19.2 Å². The molecule has 0 saturated carbocycles. The lowest BCUT2D eigenvalue weighted by Gasteiger charge is -2.15. The van der Waals surface area contributed by atoms with E-state index < -0.39 is 6.10 Å². The third-order valence-corrected chi connectivity index (χ3v) is 8.45. The van der Waals surface area contributed by atoms with Gasteiger partial charge in [0.2, 0.25) is 0 Å². The van der Waals surface area contributed by atoms with E-state index in [1.165, 1.54) is 77.0 Å². The maximum absolute atomic E-state index is 12.2. The van der Waals surface area contributed by atoms with Crippen LogP contribution in [-0.2, 0) is 14.3 Å². The first-order chi connectivity index (χ1) is 24.7. The van der Waals surface area contributed by atoms with E-state index in [4.69, 9.17) is 9.47 Å². The zero-order valence-electron chi connectivity index (χ0n) is 32.6. The molecule has 4 nitrogen and oxygen atoms in total. The molecule has 0 spiro atoms. The highest BCUT2D eigenvalue weighted by atomic mass is 16.6. The van der Waals surface area contributed by atoms with E-state index in [0.717, 1.165) is 77.0 Å². The van der Waals surface area contributed by atoms with Crippen molar-refractivity contribution in [2.24, 2.45) is 0 Å². The van der Waals surface area contributed by atoms with Gasteiger partial charge in [0.25, 0.3) is 0 Å². The van der Waals surface area contributed by atoms with Crippen LogP contribution in [0.15, 0.2) is 85.1 Å². The molecule has 0 amide bonds. The van der Waals surface area contributed by atoms with Crippen molar-refractivity contribution in [1.82, 2.24) is 0 Å². The second kappa shape index (κ2) is 42.7. The summed E-state index contributed by atoms with van der Waals surface area (Å²) in [6, 6.07) is 0. The minimum atomic E-state index is -0.555. The van der Waals surface area contributed by atoms with Crippen LogP contribution >= 0.6 is 0 Å². The monoisotopic (exact) mass is 695 g/mol. The summed E-state index contributed by atoms with van der Waals surface area (Å²) in [5, 5.41) is 9.59. The van der Waals surface area contributed by atoms with Gasteiger partial charge in [0.15, 0.2) is 0 Å². The Bertz CT molecular complexity index is 907. The van der Waals surface area contributed by atoms with Crippen molar-refractivity contribution >= 4 is 5.97 Å². The van der Waals surface area contributed by atoms with Gasteiger partial charge >= 0.3 is 5.97 Å². The van der Waals surface area contributed by atoms with Gasteiger partial charge in [-0.2, -0.15) is 0 Å². The second-order valence-electron chi connectivity index (χ2n) is 13.3. The second-order valence-corrected chi connectivity index (χ2v) is 13.3. The van der Waals surface area contributed by atoms with Gasteiger partial charge in [0, 0.05) is 13.0 Å². The first-order valence-corrected chi connectivity index (χ1v) is 20.7. The summed E-state index contributed by atoms with van der Waals surface area (Å²) >= 11 is 0. The fourth-order valence-corrected chi connectivity index (χ4v) is 5.38. The lowest BCUT2D eigenvalue weighted by Crippen LogP contribution is -2.27. The molecule has 50 heavy (non-hydrogen) atoms. The van der Waals surface area contributed by atoms with Crippen LogP contribution < -0.4 is 0 Å².